The fourth-order valence-corrected chi connectivity index (χ4v) is 2.47. The number of ether oxygens (including phenoxy) is 1. The van der Waals surface area contributed by atoms with Crippen LogP contribution in [0.5, 0.6) is 11.6 Å². The zero-order valence-corrected chi connectivity index (χ0v) is 15.2. The molecule has 3 rings (SSSR count). The van der Waals surface area contributed by atoms with Crippen LogP contribution in [0.25, 0.3) is 5.57 Å². The van der Waals surface area contributed by atoms with E-state index in [1.165, 1.54) is 42.5 Å². The van der Waals surface area contributed by atoms with Crippen molar-refractivity contribution >= 4 is 11.5 Å². The highest BCUT2D eigenvalue weighted by molar-refractivity contribution is 5.94. The van der Waals surface area contributed by atoms with E-state index >= 15 is 0 Å². The topological polar surface area (TPSA) is 51.2 Å². The summed E-state index contributed by atoms with van der Waals surface area (Å²) >= 11 is 0. The molecule has 6 heteroatoms. The molecule has 0 aliphatic rings. The quantitative estimate of drug-likeness (QED) is 0.621. The predicted octanol–water partition coefficient (Wildman–Crippen LogP) is 4.87. The van der Waals surface area contributed by atoms with Gasteiger partial charge in [-0.15, -0.1) is 0 Å². The number of nitrogens with zero attached hydrogens (tertiary/aromatic N) is 1. The Morgan fingerprint density at radius 1 is 1.04 bits per heavy atom. The normalized spacial score (nSPS) is 11.2. The molecule has 4 nitrogen and oxygen atoms in total. The molecule has 3 aromatic rings. The predicted molar refractivity (Wildman–Crippen MR) is 103 cm³/mol. The highest BCUT2D eigenvalue weighted by Crippen LogP contribution is 2.20. The number of halogens is 2. The van der Waals surface area contributed by atoms with Crippen molar-refractivity contribution in [1.82, 2.24) is 10.3 Å². The van der Waals surface area contributed by atoms with Gasteiger partial charge in [-0.1, -0.05) is 12.1 Å². The molecule has 0 saturated heterocycles. The Morgan fingerprint density at radius 3 is 2.36 bits per heavy atom. The van der Waals surface area contributed by atoms with Crippen molar-refractivity contribution in [2.75, 3.05) is 0 Å². The van der Waals surface area contributed by atoms with Gasteiger partial charge in [-0.2, -0.15) is 0 Å². The average Bonchev–Trinajstić information content (AvgIpc) is 2.69. The molecule has 2 aromatic carbocycles. The van der Waals surface area contributed by atoms with Gasteiger partial charge in [-0.3, -0.25) is 4.79 Å². The first-order valence-corrected chi connectivity index (χ1v) is 8.60. The van der Waals surface area contributed by atoms with Crippen LogP contribution in [0.1, 0.15) is 18.1 Å². The standard InChI is InChI=1S/C22H18F2N2O2/c1-15(17-2-4-18(23)5-3-17)12-21(27)26-14-16-10-11-25-22(13-16)28-20-8-6-19(24)7-9-20/h2-13H,14H2,1H3,(H,26,27)/b15-12-. The van der Waals surface area contributed by atoms with Crippen molar-refractivity contribution in [2.24, 2.45) is 0 Å². The number of aromatic nitrogens is 1. The number of hydrogen-bond acceptors (Lipinski definition) is 3. The molecule has 1 N–H and O–H groups in total. The van der Waals surface area contributed by atoms with Crippen LogP contribution < -0.4 is 10.1 Å². The minimum absolute atomic E-state index is 0.264. The van der Waals surface area contributed by atoms with Gasteiger partial charge in [0.25, 0.3) is 0 Å². The number of carbonyl (C=O) groups excluding carboxylic acids is 1. The minimum Gasteiger partial charge on any atom is -0.439 e. The lowest BCUT2D eigenvalue weighted by atomic mass is 10.1. The van der Waals surface area contributed by atoms with Gasteiger partial charge in [0.05, 0.1) is 0 Å². The minimum atomic E-state index is -0.347. The Labute approximate surface area is 161 Å². The summed E-state index contributed by atoms with van der Waals surface area (Å²) < 4.78 is 31.5. The lowest BCUT2D eigenvalue weighted by Gasteiger charge is -2.08. The zero-order valence-electron chi connectivity index (χ0n) is 15.2. The van der Waals surface area contributed by atoms with E-state index in [9.17, 15) is 13.6 Å². The van der Waals surface area contributed by atoms with E-state index in [0.717, 1.165) is 16.7 Å². The molecule has 0 aliphatic carbocycles. The fourth-order valence-electron chi connectivity index (χ4n) is 2.47. The van der Waals surface area contributed by atoms with E-state index in [2.05, 4.69) is 10.3 Å². The number of pyridine rings is 1. The van der Waals surface area contributed by atoms with Crippen molar-refractivity contribution in [2.45, 2.75) is 13.5 Å². The lowest BCUT2D eigenvalue weighted by Crippen LogP contribution is -2.20. The molecule has 28 heavy (non-hydrogen) atoms. The fraction of sp³-hybridized carbons (Fsp3) is 0.0909. The second kappa shape index (κ2) is 8.90. The maximum Gasteiger partial charge on any atom is 0.244 e. The van der Waals surface area contributed by atoms with Gasteiger partial charge in [0, 0.05) is 24.9 Å². The van der Waals surface area contributed by atoms with Crippen LogP contribution in [-0.4, -0.2) is 10.9 Å². The van der Waals surface area contributed by atoms with Gasteiger partial charge in [0.2, 0.25) is 11.8 Å². The summed E-state index contributed by atoms with van der Waals surface area (Å²) in [7, 11) is 0. The second-order valence-corrected chi connectivity index (χ2v) is 6.11. The number of amides is 1. The highest BCUT2D eigenvalue weighted by Gasteiger charge is 2.04. The lowest BCUT2D eigenvalue weighted by molar-refractivity contribution is -0.116. The van der Waals surface area contributed by atoms with Crippen molar-refractivity contribution < 1.29 is 18.3 Å². The van der Waals surface area contributed by atoms with Crippen LogP contribution in [0.4, 0.5) is 8.78 Å². The number of benzene rings is 2. The summed E-state index contributed by atoms with van der Waals surface area (Å²) in [5, 5.41) is 2.79. The van der Waals surface area contributed by atoms with Crippen LogP contribution in [0.2, 0.25) is 0 Å². The molecule has 1 amide bonds. The second-order valence-electron chi connectivity index (χ2n) is 6.11. The third-order valence-electron chi connectivity index (χ3n) is 3.95. The van der Waals surface area contributed by atoms with E-state index in [0.29, 0.717) is 11.6 Å². The van der Waals surface area contributed by atoms with Crippen LogP contribution in [-0.2, 0) is 11.3 Å². The van der Waals surface area contributed by atoms with Crippen LogP contribution in [0.3, 0.4) is 0 Å². The van der Waals surface area contributed by atoms with Crippen molar-refractivity contribution in [1.29, 1.82) is 0 Å². The summed E-state index contributed by atoms with van der Waals surface area (Å²) in [5.41, 5.74) is 2.30. The molecule has 142 valence electrons. The van der Waals surface area contributed by atoms with Gasteiger partial charge in [-0.25, -0.2) is 13.8 Å². The SMILES string of the molecule is C/C(=C/C(=O)NCc1ccnc(Oc2ccc(F)cc2)c1)c1ccc(F)cc1. The van der Waals surface area contributed by atoms with Crippen molar-refractivity contribution in [3.8, 4) is 11.6 Å². The molecule has 1 aromatic heterocycles. The summed E-state index contributed by atoms with van der Waals surface area (Å²) in [6.07, 6.45) is 3.03. The summed E-state index contributed by atoms with van der Waals surface area (Å²) in [6.45, 7) is 2.07. The number of nitrogens with one attached hydrogen (secondary N) is 1. The largest absolute Gasteiger partial charge is 0.439 e. The van der Waals surface area contributed by atoms with E-state index < -0.39 is 0 Å². The zero-order chi connectivity index (χ0) is 19.9. The first-order chi connectivity index (χ1) is 13.5. The Kier molecular flexibility index (Phi) is 6.11. The number of rotatable bonds is 6. The van der Waals surface area contributed by atoms with Crippen molar-refractivity contribution in [3.05, 3.63) is 95.7 Å². The summed E-state index contributed by atoms with van der Waals surface area (Å²) in [6, 6.07) is 15.0. The van der Waals surface area contributed by atoms with Crippen molar-refractivity contribution in [3.63, 3.8) is 0 Å². The molecule has 0 unspecified atom stereocenters. The molecule has 0 atom stereocenters. The number of allylic oxidation sites excluding steroid dienone is 1. The van der Waals surface area contributed by atoms with Crippen LogP contribution >= 0.6 is 0 Å². The third-order valence-corrected chi connectivity index (χ3v) is 3.95. The van der Waals surface area contributed by atoms with Crippen LogP contribution in [0, 0.1) is 11.6 Å². The van der Waals surface area contributed by atoms with E-state index in [-0.39, 0.29) is 24.1 Å². The molecule has 1 heterocycles. The Balaban J connectivity index is 1.59. The number of carbonyl (C=O) groups is 1. The smallest absolute Gasteiger partial charge is 0.244 e. The molecular weight excluding hydrogens is 362 g/mol. The first-order valence-electron chi connectivity index (χ1n) is 8.60. The van der Waals surface area contributed by atoms with E-state index in [1.807, 2.05) is 0 Å². The number of hydrogen-bond donors (Lipinski definition) is 1. The van der Waals surface area contributed by atoms with Crippen LogP contribution in [0.15, 0.2) is 72.9 Å². The Bertz CT molecular complexity index is 984. The molecule has 0 fully saturated rings. The van der Waals surface area contributed by atoms with Gasteiger partial charge in [-0.05, 0) is 66.1 Å². The molecular formula is C22H18F2N2O2. The third kappa shape index (κ3) is 5.48. The highest BCUT2D eigenvalue weighted by atomic mass is 19.1. The molecule has 0 aliphatic heterocycles. The average molecular weight is 380 g/mol. The Morgan fingerprint density at radius 2 is 1.68 bits per heavy atom. The van der Waals surface area contributed by atoms with E-state index in [4.69, 9.17) is 4.74 Å². The van der Waals surface area contributed by atoms with Gasteiger partial charge in [0.15, 0.2) is 0 Å². The van der Waals surface area contributed by atoms with E-state index in [1.54, 1.807) is 37.4 Å². The van der Waals surface area contributed by atoms with Gasteiger partial charge < -0.3 is 10.1 Å². The summed E-state index contributed by atoms with van der Waals surface area (Å²) in [5.74, 6) is -0.123. The Hall–Kier alpha value is -3.54. The molecule has 0 saturated carbocycles. The van der Waals surface area contributed by atoms with Gasteiger partial charge >= 0.3 is 0 Å². The molecule has 0 radical (unpaired) electrons. The monoisotopic (exact) mass is 380 g/mol. The molecule has 0 bridgehead atoms. The van der Waals surface area contributed by atoms with Gasteiger partial charge in [0.1, 0.15) is 17.4 Å². The maximum absolute atomic E-state index is 13.0. The first kappa shape index (κ1) is 19.2. The maximum atomic E-state index is 13.0. The molecule has 0 spiro atoms. The summed E-state index contributed by atoms with van der Waals surface area (Å²) in [4.78, 5) is 16.2.